The van der Waals surface area contributed by atoms with Crippen LogP contribution in [0.15, 0.2) is 24.3 Å². The van der Waals surface area contributed by atoms with Crippen molar-refractivity contribution in [2.24, 2.45) is 5.41 Å². The van der Waals surface area contributed by atoms with Crippen LogP contribution in [0.25, 0.3) is 0 Å². The topological polar surface area (TPSA) is 46.5 Å². The Labute approximate surface area is 107 Å². The maximum Gasteiger partial charge on any atom is 0.314 e. The normalized spacial score (nSPS) is 22.3. The molecule has 0 bridgehead atoms. The molecule has 3 heteroatoms. The summed E-state index contributed by atoms with van der Waals surface area (Å²) in [5.74, 6) is 0.131. The number of aliphatic carboxylic acids is 1. The quantitative estimate of drug-likeness (QED) is 0.888. The molecule has 1 spiro atoms. The molecule has 0 atom stereocenters. The predicted octanol–water partition coefficient (Wildman–Crippen LogP) is 2.98. The van der Waals surface area contributed by atoms with Crippen LogP contribution < -0.4 is 4.74 Å². The summed E-state index contributed by atoms with van der Waals surface area (Å²) < 4.78 is 5.39. The first kappa shape index (κ1) is 11.6. The van der Waals surface area contributed by atoms with E-state index in [1.54, 1.807) is 0 Å². The van der Waals surface area contributed by atoms with Crippen LogP contribution in [-0.4, -0.2) is 17.7 Å². The monoisotopic (exact) mass is 246 g/mol. The van der Waals surface area contributed by atoms with Gasteiger partial charge in [-0.25, -0.2) is 0 Å². The molecule has 3 nitrogen and oxygen atoms in total. The van der Waals surface area contributed by atoms with Crippen molar-refractivity contribution in [2.45, 2.75) is 38.0 Å². The Morgan fingerprint density at radius 3 is 2.33 bits per heavy atom. The van der Waals surface area contributed by atoms with Crippen LogP contribution in [0.5, 0.6) is 5.75 Å². The summed E-state index contributed by atoms with van der Waals surface area (Å²) in [6, 6.07) is 7.57. The number of benzene rings is 1. The van der Waals surface area contributed by atoms with Crippen molar-refractivity contribution in [2.75, 3.05) is 6.61 Å². The standard InChI is InChI=1S/C15H18O3/c1-2-18-12-5-3-11(4-6-12)15(13(16)17)9-14(10-15)7-8-14/h3-6H,2,7-10H2,1H3,(H,16,17). The summed E-state index contributed by atoms with van der Waals surface area (Å²) in [6.07, 6.45) is 4.03. The summed E-state index contributed by atoms with van der Waals surface area (Å²) in [4.78, 5) is 11.6. The van der Waals surface area contributed by atoms with Gasteiger partial charge in [0, 0.05) is 0 Å². The molecule has 2 aliphatic carbocycles. The number of carboxylic acids is 1. The van der Waals surface area contributed by atoms with Crippen LogP contribution >= 0.6 is 0 Å². The molecule has 2 fully saturated rings. The van der Waals surface area contributed by atoms with E-state index in [9.17, 15) is 9.90 Å². The van der Waals surface area contributed by atoms with Crippen LogP contribution in [0.1, 0.15) is 38.2 Å². The zero-order valence-electron chi connectivity index (χ0n) is 10.6. The summed E-state index contributed by atoms with van der Waals surface area (Å²) >= 11 is 0. The third-order valence-electron chi connectivity index (χ3n) is 4.44. The zero-order valence-corrected chi connectivity index (χ0v) is 10.6. The van der Waals surface area contributed by atoms with Crippen molar-refractivity contribution in [1.29, 1.82) is 0 Å². The molecular weight excluding hydrogens is 228 g/mol. The van der Waals surface area contributed by atoms with E-state index in [0.717, 1.165) is 24.2 Å². The fourth-order valence-corrected chi connectivity index (χ4v) is 3.27. The number of carboxylic acid groups (broad SMARTS) is 1. The largest absolute Gasteiger partial charge is 0.494 e. The van der Waals surface area contributed by atoms with Crippen molar-refractivity contribution < 1.29 is 14.6 Å². The molecule has 96 valence electrons. The Bertz CT molecular complexity index is 463. The molecule has 0 unspecified atom stereocenters. The van der Waals surface area contributed by atoms with Gasteiger partial charge in [0.05, 0.1) is 12.0 Å². The maximum absolute atomic E-state index is 11.6. The van der Waals surface area contributed by atoms with Crippen molar-refractivity contribution in [3.8, 4) is 5.75 Å². The van der Waals surface area contributed by atoms with E-state index in [-0.39, 0.29) is 0 Å². The lowest BCUT2D eigenvalue weighted by Crippen LogP contribution is -2.49. The third-order valence-corrected chi connectivity index (χ3v) is 4.44. The van der Waals surface area contributed by atoms with Crippen molar-refractivity contribution in [3.05, 3.63) is 29.8 Å². The molecule has 0 aromatic heterocycles. The fourth-order valence-electron chi connectivity index (χ4n) is 3.27. The Hall–Kier alpha value is -1.51. The van der Waals surface area contributed by atoms with Crippen LogP contribution in [0.4, 0.5) is 0 Å². The minimum Gasteiger partial charge on any atom is -0.494 e. The molecule has 0 saturated heterocycles. The number of carbonyl (C=O) groups is 1. The van der Waals surface area contributed by atoms with Gasteiger partial charge in [0.25, 0.3) is 0 Å². The van der Waals surface area contributed by atoms with E-state index in [1.807, 2.05) is 31.2 Å². The van der Waals surface area contributed by atoms with E-state index < -0.39 is 11.4 Å². The lowest BCUT2D eigenvalue weighted by atomic mass is 9.56. The molecule has 2 aliphatic rings. The highest BCUT2D eigenvalue weighted by Gasteiger charge is 2.64. The Morgan fingerprint density at radius 2 is 1.89 bits per heavy atom. The molecule has 1 aromatic carbocycles. The van der Waals surface area contributed by atoms with Crippen LogP contribution in [0, 0.1) is 5.41 Å². The lowest BCUT2D eigenvalue weighted by molar-refractivity contribution is -0.150. The molecule has 18 heavy (non-hydrogen) atoms. The van der Waals surface area contributed by atoms with Crippen molar-refractivity contribution in [1.82, 2.24) is 0 Å². The molecule has 1 N–H and O–H groups in total. The second-order valence-corrected chi connectivity index (χ2v) is 5.70. The van der Waals surface area contributed by atoms with Gasteiger partial charge in [0.1, 0.15) is 5.75 Å². The average Bonchev–Trinajstić information content (AvgIpc) is 3.08. The first-order valence-electron chi connectivity index (χ1n) is 6.57. The third kappa shape index (κ3) is 1.61. The molecular formula is C15H18O3. The van der Waals surface area contributed by atoms with Gasteiger partial charge in [0.2, 0.25) is 0 Å². The average molecular weight is 246 g/mol. The summed E-state index contributed by atoms with van der Waals surface area (Å²) in [7, 11) is 0. The van der Waals surface area contributed by atoms with Crippen LogP contribution in [0.3, 0.4) is 0 Å². The molecule has 0 amide bonds. The molecule has 0 aliphatic heterocycles. The highest BCUT2D eigenvalue weighted by molar-refractivity contribution is 5.83. The van der Waals surface area contributed by atoms with Gasteiger partial charge in [-0.15, -0.1) is 0 Å². The lowest BCUT2D eigenvalue weighted by Gasteiger charge is -2.45. The Kier molecular flexibility index (Phi) is 2.40. The van der Waals surface area contributed by atoms with E-state index in [1.165, 1.54) is 12.8 Å². The molecule has 3 rings (SSSR count). The second-order valence-electron chi connectivity index (χ2n) is 5.70. The highest BCUT2D eigenvalue weighted by Crippen LogP contribution is 2.69. The predicted molar refractivity (Wildman–Crippen MR) is 67.8 cm³/mol. The van der Waals surface area contributed by atoms with E-state index in [0.29, 0.717) is 12.0 Å². The van der Waals surface area contributed by atoms with Gasteiger partial charge >= 0.3 is 5.97 Å². The zero-order chi connectivity index (χ0) is 12.8. The van der Waals surface area contributed by atoms with Gasteiger partial charge in [-0.05, 0) is 55.7 Å². The van der Waals surface area contributed by atoms with E-state index >= 15 is 0 Å². The van der Waals surface area contributed by atoms with E-state index in [4.69, 9.17) is 4.74 Å². The maximum atomic E-state index is 11.6. The number of ether oxygens (including phenoxy) is 1. The van der Waals surface area contributed by atoms with Gasteiger partial charge in [-0.3, -0.25) is 4.79 Å². The van der Waals surface area contributed by atoms with Crippen LogP contribution in [0.2, 0.25) is 0 Å². The van der Waals surface area contributed by atoms with Crippen molar-refractivity contribution in [3.63, 3.8) is 0 Å². The second kappa shape index (κ2) is 3.74. The van der Waals surface area contributed by atoms with E-state index in [2.05, 4.69) is 0 Å². The number of hydrogen-bond acceptors (Lipinski definition) is 2. The van der Waals surface area contributed by atoms with Gasteiger partial charge in [0.15, 0.2) is 0 Å². The van der Waals surface area contributed by atoms with Crippen molar-refractivity contribution >= 4 is 5.97 Å². The molecule has 0 heterocycles. The molecule has 1 aromatic rings. The number of hydrogen-bond donors (Lipinski definition) is 1. The first-order valence-corrected chi connectivity index (χ1v) is 6.57. The summed E-state index contributed by atoms with van der Waals surface area (Å²) in [5.41, 5.74) is 0.661. The Morgan fingerprint density at radius 1 is 1.28 bits per heavy atom. The minimum atomic E-state index is -0.677. The summed E-state index contributed by atoms with van der Waals surface area (Å²) in [6.45, 7) is 2.57. The minimum absolute atomic E-state index is 0.372. The first-order chi connectivity index (χ1) is 8.60. The smallest absolute Gasteiger partial charge is 0.314 e. The molecule has 0 radical (unpaired) electrons. The van der Waals surface area contributed by atoms with Gasteiger partial charge < -0.3 is 9.84 Å². The van der Waals surface area contributed by atoms with Crippen LogP contribution in [-0.2, 0) is 10.2 Å². The SMILES string of the molecule is CCOc1ccc(C2(C(=O)O)CC3(CC3)C2)cc1. The highest BCUT2D eigenvalue weighted by atomic mass is 16.5. The Balaban J connectivity index is 1.85. The fraction of sp³-hybridized carbons (Fsp3) is 0.533. The van der Waals surface area contributed by atoms with Gasteiger partial charge in [-0.2, -0.15) is 0 Å². The molecule has 2 saturated carbocycles. The van der Waals surface area contributed by atoms with Gasteiger partial charge in [-0.1, -0.05) is 12.1 Å². The summed E-state index contributed by atoms with van der Waals surface area (Å²) in [5, 5.41) is 9.54. The number of rotatable bonds is 4.